The third-order valence-corrected chi connectivity index (χ3v) is 16.7. The van der Waals surface area contributed by atoms with Crippen LogP contribution in [0, 0.1) is 69.0 Å². The van der Waals surface area contributed by atoms with Crippen LogP contribution in [-0.2, 0) is 33.6 Å². The summed E-state index contributed by atoms with van der Waals surface area (Å²) in [5.74, 6) is 0.439. The Bertz CT molecular complexity index is 1320. The molecule has 0 aliphatic heterocycles. The number of ether oxygens (including phenoxy) is 2. The molecule has 0 heterocycles. The molecule has 9 heteroatoms. The number of nitrogens with one attached hydrogen (secondary N) is 1. The van der Waals surface area contributed by atoms with Crippen molar-refractivity contribution in [1.82, 2.24) is 5.32 Å². The molecule has 12 atom stereocenters. The van der Waals surface area contributed by atoms with Gasteiger partial charge in [-0.3, -0.25) is 19.7 Å². The number of fused-ring (bicyclic) bond motifs is 2. The van der Waals surface area contributed by atoms with Crippen LogP contribution in [0.5, 0.6) is 0 Å². The van der Waals surface area contributed by atoms with E-state index in [9.17, 15) is 19.5 Å². The van der Waals surface area contributed by atoms with Crippen LogP contribution in [0.2, 0.25) is 0 Å². The lowest BCUT2D eigenvalue weighted by molar-refractivity contribution is -0.381. The van der Waals surface area contributed by atoms with E-state index >= 15 is 0 Å². The van der Waals surface area contributed by atoms with Crippen molar-refractivity contribution in [3.63, 3.8) is 0 Å². The number of rotatable bonds is 13. The molecule has 4 bridgehead atoms. The van der Waals surface area contributed by atoms with Gasteiger partial charge in [0.15, 0.2) is 0 Å². The van der Waals surface area contributed by atoms with Crippen LogP contribution < -0.4 is 5.32 Å². The van der Waals surface area contributed by atoms with E-state index in [0.717, 1.165) is 49.9 Å². The molecule has 0 amide bonds. The molecular formula is C43H73NO8. The van der Waals surface area contributed by atoms with Crippen LogP contribution in [-0.4, -0.2) is 54.1 Å². The summed E-state index contributed by atoms with van der Waals surface area (Å²) in [5.41, 5.74) is 0.821. The van der Waals surface area contributed by atoms with Crippen LogP contribution in [0.4, 0.5) is 0 Å². The maximum Gasteiger partial charge on any atom is 0.310 e. The molecule has 0 aromatic rings. The highest BCUT2D eigenvalue weighted by Gasteiger charge is 2.69. The molecule has 6 saturated carbocycles. The molecule has 6 fully saturated rings. The molecule has 0 radical (unpaired) electrons. The zero-order valence-electron chi connectivity index (χ0n) is 34.5. The molecule has 298 valence electrons. The van der Waals surface area contributed by atoms with Gasteiger partial charge in [-0.2, -0.15) is 0 Å². The summed E-state index contributed by atoms with van der Waals surface area (Å²) in [6.45, 7) is 24.7. The highest BCUT2D eigenvalue weighted by molar-refractivity contribution is 5.80. The second-order valence-electron chi connectivity index (χ2n) is 20.0. The molecule has 0 aromatic heterocycles. The monoisotopic (exact) mass is 732 g/mol. The Morgan fingerprint density at radius 2 is 1.42 bits per heavy atom. The highest BCUT2D eigenvalue weighted by atomic mass is 17.2. The van der Waals surface area contributed by atoms with E-state index in [0.29, 0.717) is 48.0 Å². The molecular weight excluding hydrogens is 658 g/mol. The Balaban J connectivity index is 0.000000202. The van der Waals surface area contributed by atoms with Crippen molar-refractivity contribution >= 4 is 17.9 Å². The van der Waals surface area contributed by atoms with Crippen LogP contribution in [0.1, 0.15) is 153 Å². The molecule has 52 heavy (non-hydrogen) atoms. The zero-order chi connectivity index (χ0) is 38.5. The predicted molar refractivity (Wildman–Crippen MR) is 201 cm³/mol. The summed E-state index contributed by atoms with van der Waals surface area (Å²) in [7, 11) is 0. The zero-order valence-corrected chi connectivity index (χ0v) is 34.5. The average Bonchev–Trinajstić information content (AvgIpc) is 3.77. The van der Waals surface area contributed by atoms with Gasteiger partial charge in [-0.1, -0.05) is 68.7 Å². The van der Waals surface area contributed by atoms with Gasteiger partial charge in [0.05, 0.1) is 17.8 Å². The SMILES string of the molecule is CC(C(=O)O)C(C)C(=O)OC1(C)CCC23CC1C(C)(C)C2CCC3C.CCC(C)C(=O)OCCNCOOC1(C)CCC23CCCC2C(C)(C)C1C3. The van der Waals surface area contributed by atoms with Crippen molar-refractivity contribution < 1.29 is 38.7 Å². The van der Waals surface area contributed by atoms with Crippen molar-refractivity contribution in [2.75, 3.05) is 19.9 Å². The Morgan fingerprint density at radius 1 is 0.769 bits per heavy atom. The highest BCUT2D eigenvalue weighted by Crippen LogP contribution is 2.74. The molecule has 2 N–H and O–H groups in total. The minimum atomic E-state index is -0.943. The van der Waals surface area contributed by atoms with Crippen molar-refractivity contribution in [3.05, 3.63) is 0 Å². The molecule has 0 aromatic carbocycles. The first kappa shape index (κ1) is 41.5. The number of hydrogen-bond donors (Lipinski definition) is 2. The minimum absolute atomic E-state index is 0.0339. The standard InChI is InChI=1S/C22H39NO4.C21H34O4/c1-6-16(2)19(24)25-13-12-23-15-26-27-21(5)10-11-22-9-7-8-17(22)20(3,4)18(21)14-22;1-12-7-8-15-19(4,5)16-11-21(12,15)10-9-20(16,6)25-18(24)14(3)13(2)17(22)23/h16-18,23H,6-15H2,1-5H3;12-16H,7-11H2,1-6H3,(H,22,23). The maximum atomic E-state index is 12.7. The molecule has 2 spiro atoms. The van der Waals surface area contributed by atoms with Crippen LogP contribution in [0.15, 0.2) is 0 Å². The summed E-state index contributed by atoms with van der Waals surface area (Å²) in [5, 5.41) is 12.3. The van der Waals surface area contributed by atoms with Crippen LogP contribution in [0.25, 0.3) is 0 Å². The van der Waals surface area contributed by atoms with Gasteiger partial charge in [-0.05, 0) is 130 Å². The second-order valence-corrected chi connectivity index (χ2v) is 20.0. The lowest BCUT2D eigenvalue weighted by Crippen LogP contribution is -2.48. The lowest BCUT2D eigenvalue weighted by atomic mass is 9.64. The Morgan fingerprint density at radius 3 is 2.10 bits per heavy atom. The van der Waals surface area contributed by atoms with Gasteiger partial charge >= 0.3 is 17.9 Å². The minimum Gasteiger partial charge on any atom is -0.481 e. The Hall–Kier alpha value is -1.71. The maximum absolute atomic E-state index is 12.7. The number of carbonyl (C=O) groups is 3. The Labute approximate surface area is 314 Å². The fraction of sp³-hybridized carbons (Fsp3) is 0.930. The first-order valence-electron chi connectivity index (χ1n) is 20.8. The van der Waals surface area contributed by atoms with Crippen LogP contribution in [0.3, 0.4) is 0 Å². The van der Waals surface area contributed by atoms with E-state index in [1.165, 1.54) is 44.9 Å². The van der Waals surface area contributed by atoms with E-state index in [1.54, 1.807) is 13.8 Å². The summed E-state index contributed by atoms with van der Waals surface area (Å²) in [6.07, 6.45) is 14.5. The van der Waals surface area contributed by atoms with Crippen molar-refractivity contribution in [2.45, 2.75) is 164 Å². The van der Waals surface area contributed by atoms with E-state index in [2.05, 4.69) is 53.8 Å². The summed E-state index contributed by atoms with van der Waals surface area (Å²) in [6, 6.07) is 0. The predicted octanol–water partition coefficient (Wildman–Crippen LogP) is 8.97. The lowest BCUT2D eigenvalue weighted by Gasteiger charge is -2.47. The van der Waals surface area contributed by atoms with Gasteiger partial charge in [-0.25, -0.2) is 9.78 Å². The van der Waals surface area contributed by atoms with Gasteiger partial charge in [0.25, 0.3) is 0 Å². The fourth-order valence-electron chi connectivity index (χ4n) is 13.2. The number of esters is 2. The van der Waals surface area contributed by atoms with Crippen molar-refractivity contribution in [3.8, 4) is 0 Å². The summed E-state index contributed by atoms with van der Waals surface area (Å²) in [4.78, 5) is 47.1. The number of carboxylic acids is 1. The number of aliphatic carboxylic acids is 1. The van der Waals surface area contributed by atoms with E-state index in [1.807, 2.05) is 13.8 Å². The van der Waals surface area contributed by atoms with E-state index in [-0.39, 0.29) is 28.9 Å². The molecule has 6 aliphatic rings. The quantitative estimate of drug-likeness (QED) is 0.0629. The third-order valence-electron chi connectivity index (χ3n) is 16.7. The first-order chi connectivity index (χ1) is 24.2. The second kappa shape index (κ2) is 15.1. The van der Waals surface area contributed by atoms with Gasteiger partial charge in [0.1, 0.15) is 24.5 Å². The van der Waals surface area contributed by atoms with Gasteiger partial charge < -0.3 is 14.6 Å². The molecule has 6 rings (SSSR count). The topological polar surface area (TPSA) is 120 Å². The van der Waals surface area contributed by atoms with Gasteiger partial charge in [0.2, 0.25) is 0 Å². The first-order valence-corrected chi connectivity index (χ1v) is 20.8. The van der Waals surface area contributed by atoms with Gasteiger partial charge in [-0.15, -0.1) is 0 Å². The molecule has 6 aliphatic carbocycles. The van der Waals surface area contributed by atoms with Crippen LogP contribution >= 0.6 is 0 Å². The van der Waals surface area contributed by atoms with E-state index in [4.69, 9.17) is 19.2 Å². The Kier molecular flexibility index (Phi) is 12.0. The fourth-order valence-corrected chi connectivity index (χ4v) is 13.2. The molecule has 12 unspecified atom stereocenters. The van der Waals surface area contributed by atoms with Crippen molar-refractivity contribution in [2.24, 2.45) is 69.0 Å². The van der Waals surface area contributed by atoms with Crippen molar-refractivity contribution in [1.29, 1.82) is 0 Å². The molecule has 0 saturated heterocycles. The smallest absolute Gasteiger partial charge is 0.310 e. The largest absolute Gasteiger partial charge is 0.481 e. The van der Waals surface area contributed by atoms with E-state index < -0.39 is 23.4 Å². The van der Waals surface area contributed by atoms with Gasteiger partial charge in [0, 0.05) is 12.5 Å². The third kappa shape index (κ3) is 7.22. The summed E-state index contributed by atoms with van der Waals surface area (Å²) < 4.78 is 11.3. The number of carbonyl (C=O) groups excluding carboxylic acids is 2. The normalized spacial score (nSPS) is 40.8. The number of carboxylic acid groups (broad SMARTS) is 1. The molecule has 9 nitrogen and oxygen atoms in total. The summed E-state index contributed by atoms with van der Waals surface area (Å²) >= 11 is 0. The number of hydrogen-bond acceptors (Lipinski definition) is 8. The average molecular weight is 732 g/mol.